The van der Waals surface area contributed by atoms with Crippen LogP contribution in [0.3, 0.4) is 0 Å². The normalized spacial score (nSPS) is 20.9. The minimum atomic E-state index is -1.53. The lowest BCUT2D eigenvalue weighted by molar-refractivity contribution is -0.0674. The van der Waals surface area contributed by atoms with Gasteiger partial charge in [-0.05, 0) is 72.6 Å². The molecule has 0 unspecified atom stereocenters. The standard InChI is InChI=1S/C45H74O6P2/c1-11-13-15-17-19-21-23-25-37-27-35(3)41(39(29-37)43(5,6)7)50-52-46-31-45(32-47-52)33-48-53(49-34-45)51-42-36(4)28-38(30-40(42)44(8,9)10)26-24-22-20-18-16-14-12-2/h27-30H,11-26,31-34H2,1-10H3. The second kappa shape index (κ2) is 21.3. The Hall–Kier alpha value is -1.26. The van der Waals surface area contributed by atoms with Crippen molar-refractivity contribution in [1.82, 2.24) is 0 Å². The van der Waals surface area contributed by atoms with Gasteiger partial charge in [0, 0.05) is 11.1 Å². The Kier molecular flexibility index (Phi) is 17.9. The summed E-state index contributed by atoms with van der Waals surface area (Å²) in [4.78, 5) is 0. The summed E-state index contributed by atoms with van der Waals surface area (Å²) in [5, 5.41) is 0. The van der Waals surface area contributed by atoms with Crippen molar-refractivity contribution < 1.29 is 27.1 Å². The van der Waals surface area contributed by atoms with Crippen LogP contribution in [-0.4, -0.2) is 26.4 Å². The van der Waals surface area contributed by atoms with Gasteiger partial charge < -0.3 is 27.1 Å². The Bertz CT molecular complexity index is 1270. The van der Waals surface area contributed by atoms with E-state index < -0.39 is 17.2 Å². The van der Waals surface area contributed by atoms with Gasteiger partial charge in [-0.25, -0.2) is 0 Å². The Morgan fingerprint density at radius 3 is 1.15 bits per heavy atom. The van der Waals surface area contributed by atoms with E-state index in [1.807, 2.05) is 0 Å². The van der Waals surface area contributed by atoms with E-state index in [0.717, 1.165) is 35.5 Å². The van der Waals surface area contributed by atoms with Crippen LogP contribution in [0, 0.1) is 19.3 Å². The van der Waals surface area contributed by atoms with E-state index in [0.29, 0.717) is 26.4 Å². The number of rotatable bonds is 20. The van der Waals surface area contributed by atoms with Crippen molar-refractivity contribution in [3.05, 3.63) is 57.6 Å². The highest BCUT2D eigenvalue weighted by Crippen LogP contribution is 2.55. The first kappa shape index (κ1) is 44.5. The zero-order valence-electron chi connectivity index (χ0n) is 35.3. The third-order valence-corrected chi connectivity index (χ3v) is 12.7. The molecule has 0 saturated carbocycles. The van der Waals surface area contributed by atoms with Gasteiger partial charge >= 0.3 is 17.2 Å². The van der Waals surface area contributed by atoms with Crippen molar-refractivity contribution in [3.63, 3.8) is 0 Å². The summed E-state index contributed by atoms with van der Waals surface area (Å²) in [5.74, 6) is 1.80. The molecule has 8 heteroatoms. The molecule has 0 aliphatic carbocycles. The maximum atomic E-state index is 6.55. The largest absolute Gasteiger partial charge is 0.426 e. The average Bonchev–Trinajstić information content (AvgIpc) is 3.10. The number of hydrogen-bond acceptors (Lipinski definition) is 6. The number of unbranched alkanes of at least 4 members (excludes halogenated alkanes) is 12. The van der Waals surface area contributed by atoms with Crippen LogP contribution < -0.4 is 9.05 Å². The quantitative estimate of drug-likeness (QED) is 0.0987. The zero-order valence-corrected chi connectivity index (χ0v) is 37.1. The highest BCUT2D eigenvalue weighted by atomic mass is 31.2. The van der Waals surface area contributed by atoms with Gasteiger partial charge in [0.2, 0.25) is 0 Å². The van der Waals surface area contributed by atoms with E-state index in [1.54, 1.807) is 0 Å². The molecule has 1 spiro atoms. The molecule has 6 nitrogen and oxygen atoms in total. The van der Waals surface area contributed by atoms with Gasteiger partial charge in [0.25, 0.3) is 0 Å². The third-order valence-electron chi connectivity index (χ3n) is 10.7. The lowest BCUT2D eigenvalue weighted by atomic mass is 9.83. The number of aryl methyl sites for hydroxylation is 4. The summed E-state index contributed by atoms with van der Waals surface area (Å²) >= 11 is 0. The predicted octanol–water partition coefficient (Wildman–Crippen LogP) is 14.5. The van der Waals surface area contributed by atoms with Crippen LogP contribution in [0.1, 0.15) is 179 Å². The number of hydrogen-bond donors (Lipinski definition) is 0. The Morgan fingerprint density at radius 2 is 0.830 bits per heavy atom. The highest BCUT2D eigenvalue weighted by molar-refractivity contribution is 7.42. The van der Waals surface area contributed by atoms with Crippen LogP contribution in [0.15, 0.2) is 24.3 Å². The SMILES string of the molecule is CCCCCCCCCc1cc(C)c(OP2OCC3(CO2)COP(Oc2c(C)cc(CCCCCCCCC)cc2C(C)(C)C)OC3)c(C(C)(C)C)c1. The maximum absolute atomic E-state index is 6.55. The molecule has 2 aromatic rings. The molecule has 0 atom stereocenters. The van der Waals surface area contributed by atoms with Gasteiger partial charge in [0.05, 0.1) is 31.8 Å². The number of benzene rings is 2. The molecule has 0 radical (unpaired) electrons. The van der Waals surface area contributed by atoms with E-state index in [1.165, 1.54) is 112 Å². The van der Waals surface area contributed by atoms with Crippen LogP contribution in [0.4, 0.5) is 0 Å². The van der Waals surface area contributed by atoms with Gasteiger partial charge in [-0.2, -0.15) is 0 Å². The smallest absolute Gasteiger partial charge is 0.397 e. The van der Waals surface area contributed by atoms with Crippen LogP contribution in [0.5, 0.6) is 11.5 Å². The molecular weight excluding hydrogens is 698 g/mol. The molecule has 0 bridgehead atoms. The first-order chi connectivity index (χ1) is 25.2. The van der Waals surface area contributed by atoms with E-state index in [2.05, 4.69) is 93.5 Å². The third kappa shape index (κ3) is 14.0. The zero-order chi connectivity index (χ0) is 38.5. The van der Waals surface area contributed by atoms with Crippen LogP contribution in [0.25, 0.3) is 0 Å². The van der Waals surface area contributed by atoms with E-state index in [9.17, 15) is 0 Å². The molecule has 4 rings (SSSR count). The van der Waals surface area contributed by atoms with E-state index in [-0.39, 0.29) is 16.2 Å². The van der Waals surface area contributed by atoms with E-state index in [4.69, 9.17) is 27.1 Å². The first-order valence-corrected chi connectivity index (χ1v) is 23.2. The fraction of sp³-hybridized carbons (Fsp3) is 0.733. The summed E-state index contributed by atoms with van der Waals surface area (Å²) < 4.78 is 38.3. The van der Waals surface area contributed by atoms with Crippen LogP contribution in [-0.2, 0) is 41.8 Å². The maximum Gasteiger partial charge on any atom is 0.397 e. The summed E-state index contributed by atoms with van der Waals surface area (Å²) in [7, 11) is -3.06. The highest BCUT2D eigenvalue weighted by Gasteiger charge is 2.45. The molecule has 0 N–H and O–H groups in total. The van der Waals surface area contributed by atoms with Crippen LogP contribution in [0.2, 0.25) is 0 Å². The molecule has 2 fully saturated rings. The molecular formula is C45H74O6P2. The second-order valence-electron chi connectivity index (χ2n) is 18.0. The molecule has 0 aromatic heterocycles. The Balaban J connectivity index is 1.29. The Morgan fingerprint density at radius 1 is 0.509 bits per heavy atom. The molecule has 53 heavy (non-hydrogen) atoms. The lowest BCUT2D eigenvalue weighted by Gasteiger charge is -2.41. The summed E-state index contributed by atoms with van der Waals surface area (Å²) in [6.45, 7) is 24.2. The summed E-state index contributed by atoms with van der Waals surface area (Å²) in [6.07, 6.45) is 20.7. The average molecular weight is 773 g/mol. The topological polar surface area (TPSA) is 55.4 Å². The van der Waals surface area contributed by atoms with Gasteiger partial charge in [-0.1, -0.05) is 157 Å². The van der Waals surface area contributed by atoms with Gasteiger partial charge in [0.1, 0.15) is 11.5 Å². The molecule has 2 heterocycles. The lowest BCUT2D eigenvalue weighted by Crippen LogP contribution is -2.45. The van der Waals surface area contributed by atoms with Gasteiger partial charge in [-0.15, -0.1) is 0 Å². The molecule has 300 valence electrons. The molecule has 2 saturated heterocycles. The Labute approximate surface area is 327 Å². The van der Waals surface area contributed by atoms with Gasteiger partial charge in [0.15, 0.2) is 0 Å². The van der Waals surface area contributed by atoms with Crippen molar-refractivity contribution in [3.8, 4) is 11.5 Å². The summed E-state index contributed by atoms with van der Waals surface area (Å²) in [5.41, 5.74) is 7.00. The van der Waals surface area contributed by atoms with Crippen molar-refractivity contribution >= 4 is 17.2 Å². The predicted molar refractivity (Wildman–Crippen MR) is 224 cm³/mol. The molecule has 0 amide bonds. The van der Waals surface area contributed by atoms with Crippen LogP contribution >= 0.6 is 17.2 Å². The van der Waals surface area contributed by atoms with Crippen molar-refractivity contribution in [2.24, 2.45) is 5.41 Å². The van der Waals surface area contributed by atoms with Crippen molar-refractivity contribution in [2.45, 2.75) is 183 Å². The molecule has 2 aliphatic rings. The van der Waals surface area contributed by atoms with E-state index >= 15 is 0 Å². The second-order valence-corrected chi connectivity index (χ2v) is 20.3. The molecule has 2 aliphatic heterocycles. The fourth-order valence-corrected chi connectivity index (χ4v) is 9.91. The van der Waals surface area contributed by atoms with Crippen molar-refractivity contribution in [2.75, 3.05) is 26.4 Å². The minimum Gasteiger partial charge on any atom is -0.426 e. The summed E-state index contributed by atoms with van der Waals surface area (Å²) in [6, 6.07) is 9.29. The first-order valence-electron chi connectivity index (χ1n) is 21.0. The van der Waals surface area contributed by atoms with Crippen molar-refractivity contribution in [1.29, 1.82) is 0 Å². The monoisotopic (exact) mass is 772 g/mol. The van der Waals surface area contributed by atoms with Gasteiger partial charge in [-0.3, -0.25) is 0 Å². The minimum absolute atomic E-state index is 0.0656. The fourth-order valence-electron chi connectivity index (χ4n) is 7.25. The molecule has 2 aromatic carbocycles.